The van der Waals surface area contributed by atoms with Gasteiger partial charge in [-0.05, 0) is 27.7 Å². The van der Waals surface area contributed by atoms with Gasteiger partial charge in [0, 0.05) is 18.6 Å². The van der Waals surface area contributed by atoms with Crippen molar-refractivity contribution in [1.29, 1.82) is 0 Å². The van der Waals surface area contributed by atoms with Crippen LogP contribution in [0.5, 0.6) is 0 Å². The van der Waals surface area contributed by atoms with E-state index in [9.17, 15) is 9.59 Å². The minimum absolute atomic E-state index is 0.252. The summed E-state index contributed by atoms with van der Waals surface area (Å²) in [4.78, 5) is 22.1. The third-order valence-electron chi connectivity index (χ3n) is 1.44. The molecule has 0 saturated carbocycles. The highest BCUT2D eigenvalue weighted by Gasteiger charge is 2.12. The molecular weight excluding hydrogens is 210 g/mol. The van der Waals surface area contributed by atoms with Crippen molar-refractivity contribution < 1.29 is 14.3 Å². The van der Waals surface area contributed by atoms with Crippen molar-refractivity contribution in [3.8, 4) is 0 Å². The molecule has 16 heavy (non-hydrogen) atoms. The van der Waals surface area contributed by atoms with Crippen LogP contribution in [0.2, 0.25) is 0 Å². The zero-order chi connectivity index (χ0) is 12.6. The second kappa shape index (κ2) is 6.92. The number of ether oxygens (including phenoxy) is 1. The van der Waals surface area contributed by atoms with Crippen molar-refractivity contribution in [2.45, 2.75) is 33.2 Å². The zero-order valence-electron chi connectivity index (χ0n) is 10.3. The van der Waals surface area contributed by atoms with Gasteiger partial charge in [0.1, 0.15) is 0 Å². The van der Waals surface area contributed by atoms with Gasteiger partial charge in [-0.25, -0.2) is 9.59 Å². The Balaban J connectivity index is 3.52. The third-order valence-corrected chi connectivity index (χ3v) is 1.44. The van der Waals surface area contributed by atoms with Gasteiger partial charge in [-0.15, -0.1) is 0 Å². The van der Waals surface area contributed by atoms with Gasteiger partial charge in [0.05, 0.1) is 6.61 Å². The number of amides is 3. The van der Waals surface area contributed by atoms with E-state index >= 15 is 0 Å². The second-order valence-corrected chi connectivity index (χ2v) is 4.28. The number of urea groups is 1. The molecule has 0 spiro atoms. The number of carbonyl (C=O) groups is 2. The highest BCUT2D eigenvalue weighted by Crippen LogP contribution is 1.96. The molecule has 6 nitrogen and oxygen atoms in total. The summed E-state index contributed by atoms with van der Waals surface area (Å²) in [6.45, 7) is 8.45. The average molecular weight is 231 g/mol. The number of hydrogen-bond acceptors (Lipinski definition) is 3. The largest absolute Gasteiger partial charge is 0.450 e. The predicted octanol–water partition coefficient (Wildman–Crippen LogP) is 0.830. The van der Waals surface area contributed by atoms with Gasteiger partial charge in [0.15, 0.2) is 0 Å². The summed E-state index contributed by atoms with van der Waals surface area (Å²) in [5, 5.41) is 7.85. The molecule has 3 amide bonds. The molecule has 0 radical (unpaired) electrons. The van der Waals surface area contributed by atoms with Crippen LogP contribution in [0, 0.1) is 0 Å². The van der Waals surface area contributed by atoms with Crippen LogP contribution < -0.4 is 16.0 Å². The van der Waals surface area contributed by atoms with E-state index in [1.54, 1.807) is 6.92 Å². The number of rotatable bonds is 4. The maximum Gasteiger partial charge on any atom is 0.407 e. The number of carbonyl (C=O) groups excluding carboxylic acids is 2. The smallest absolute Gasteiger partial charge is 0.407 e. The van der Waals surface area contributed by atoms with E-state index in [2.05, 4.69) is 20.7 Å². The molecule has 0 aliphatic carbocycles. The van der Waals surface area contributed by atoms with Gasteiger partial charge in [0.2, 0.25) is 0 Å². The zero-order valence-corrected chi connectivity index (χ0v) is 10.3. The van der Waals surface area contributed by atoms with Gasteiger partial charge in [-0.1, -0.05) is 0 Å². The maximum absolute atomic E-state index is 11.3. The van der Waals surface area contributed by atoms with E-state index < -0.39 is 6.09 Å². The minimum Gasteiger partial charge on any atom is -0.450 e. The van der Waals surface area contributed by atoms with E-state index in [-0.39, 0.29) is 11.6 Å². The first-order valence-corrected chi connectivity index (χ1v) is 5.32. The van der Waals surface area contributed by atoms with Crippen LogP contribution in [0.4, 0.5) is 9.59 Å². The van der Waals surface area contributed by atoms with Gasteiger partial charge >= 0.3 is 12.1 Å². The summed E-state index contributed by atoms with van der Waals surface area (Å²) in [7, 11) is 0. The quantitative estimate of drug-likeness (QED) is 0.627. The number of alkyl carbamates (subject to hydrolysis) is 1. The topological polar surface area (TPSA) is 79.5 Å². The Hall–Kier alpha value is -1.46. The lowest BCUT2D eigenvalue weighted by Gasteiger charge is -2.20. The molecule has 0 aromatic heterocycles. The fraction of sp³-hybridized carbons (Fsp3) is 0.800. The van der Waals surface area contributed by atoms with Crippen LogP contribution in [0.15, 0.2) is 0 Å². The Labute approximate surface area is 96.1 Å². The first-order chi connectivity index (χ1) is 7.35. The van der Waals surface area contributed by atoms with Crippen LogP contribution in [0.25, 0.3) is 0 Å². The molecule has 94 valence electrons. The Morgan fingerprint density at radius 1 is 1.12 bits per heavy atom. The van der Waals surface area contributed by atoms with Crippen LogP contribution in [-0.4, -0.2) is 37.4 Å². The molecule has 0 saturated heterocycles. The molecule has 3 N–H and O–H groups in total. The van der Waals surface area contributed by atoms with Crippen molar-refractivity contribution in [2.75, 3.05) is 19.7 Å². The Morgan fingerprint density at radius 3 is 2.19 bits per heavy atom. The van der Waals surface area contributed by atoms with E-state index in [1.165, 1.54) is 0 Å². The van der Waals surface area contributed by atoms with Crippen molar-refractivity contribution in [3.63, 3.8) is 0 Å². The van der Waals surface area contributed by atoms with Gasteiger partial charge in [-0.3, -0.25) is 0 Å². The second-order valence-electron chi connectivity index (χ2n) is 4.28. The van der Waals surface area contributed by atoms with Crippen molar-refractivity contribution in [2.24, 2.45) is 0 Å². The van der Waals surface area contributed by atoms with Crippen molar-refractivity contribution >= 4 is 12.1 Å². The van der Waals surface area contributed by atoms with E-state index in [4.69, 9.17) is 0 Å². The Kier molecular flexibility index (Phi) is 6.29. The normalized spacial score (nSPS) is 10.5. The average Bonchev–Trinajstić information content (AvgIpc) is 2.10. The molecule has 0 fully saturated rings. The number of hydrogen-bond donors (Lipinski definition) is 3. The standard InChI is InChI=1S/C10H21N3O3/c1-5-16-9(15)12-7-6-11-8(14)13-10(2,3)4/h5-7H2,1-4H3,(H,12,15)(H2,11,13,14). The fourth-order valence-electron chi connectivity index (χ4n) is 0.908. The Morgan fingerprint density at radius 2 is 1.69 bits per heavy atom. The third kappa shape index (κ3) is 9.11. The molecule has 0 atom stereocenters. The minimum atomic E-state index is -0.472. The molecule has 0 unspecified atom stereocenters. The lowest BCUT2D eigenvalue weighted by atomic mass is 10.1. The molecule has 6 heteroatoms. The molecule has 0 heterocycles. The van der Waals surface area contributed by atoms with Crippen molar-refractivity contribution in [1.82, 2.24) is 16.0 Å². The SMILES string of the molecule is CCOC(=O)NCCNC(=O)NC(C)(C)C. The highest BCUT2D eigenvalue weighted by molar-refractivity contribution is 5.74. The van der Waals surface area contributed by atoms with Crippen molar-refractivity contribution in [3.05, 3.63) is 0 Å². The lowest BCUT2D eigenvalue weighted by molar-refractivity contribution is 0.152. The monoisotopic (exact) mass is 231 g/mol. The summed E-state index contributed by atoms with van der Waals surface area (Å²) in [5.74, 6) is 0. The lowest BCUT2D eigenvalue weighted by Crippen LogP contribution is -2.48. The summed E-state index contributed by atoms with van der Waals surface area (Å²) in [5.41, 5.74) is -0.265. The molecule has 0 rings (SSSR count). The molecular formula is C10H21N3O3. The molecule has 0 aliphatic rings. The highest BCUT2D eigenvalue weighted by atomic mass is 16.5. The van der Waals surface area contributed by atoms with Gasteiger partial charge in [-0.2, -0.15) is 0 Å². The maximum atomic E-state index is 11.3. The molecule has 0 aromatic rings. The number of nitrogens with one attached hydrogen (secondary N) is 3. The molecule has 0 bridgehead atoms. The van der Waals surface area contributed by atoms with Crippen LogP contribution in [-0.2, 0) is 4.74 Å². The Bertz CT molecular complexity index is 236. The molecule has 0 aliphatic heterocycles. The van der Waals surface area contributed by atoms with E-state index in [1.807, 2.05) is 20.8 Å². The van der Waals surface area contributed by atoms with Crippen LogP contribution in [0.3, 0.4) is 0 Å². The summed E-state index contributed by atoms with van der Waals surface area (Å²) >= 11 is 0. The van der Waals surface area contributed by atoms with Crippen LogP contribution >= 0.6 is 0 Å². The molecule has 0 aromatic carbocycles. The first kappa shape index (κ1) is 14.5. The van der Waals surface area contributed by atoms with E-state index in [0.717, 1.165) is 0 Å². The van der Waals surface area contributed by atoms with Gasteiger partial charge in [0.25, 0.3) is 0 Å². The fourth-order valence-corrected chi connectivity index (χ4v) is 0.908. The van der Waals surface area contributed by atoms with E-state index in [0.29, 0.717) is 19.7 Å². The summed E-state index contributed by atoms with van der Waals surface area (Å²) in [6, 6.07) is -0.252. The summed E-state index contributed by atoms with van der Waals surface area (Å²) < 4.78 is 4.65. The predicted molar refractivity (Wildman–Crippen MR) is 61.3 cm³/mol. The first-order valence-electron chi connectivity index (χ1n) is 5.32. The summed E-state index contributed by atoms with van der Waals surface area (Å²) in [6.07, 6.45) is -0.472. The van der Waals surface area contributed by atoms with Gasteiger partial charge < -0.3 is 20.7 Å². The van der Waals surface area contributed by atoms with Crippen LogP contribution in [0.1, 0.15) is 27.7 Å².